The molecule has 4 heterocycles. The van der Waals surface area contributed by atoms with E-state index in [1.807, 2.05) is 49.7 Å². The summed E-state index contributed by atoms with van der Waals surface area (Å²) in [7, 11) is 3.22. The fourth-order valence-corrected chi connectivity index (χ4v) is 5.69. The van der Waals surface area contributed by atoms with Crippen LogP contribution in [0.5, 0.6) is 11.5 Å². The summed E-state index contributed by atoms with van der Waals surface area (Å²) in [5.74, 6) is 2.04. The van der Waals surface area contributed by atoms with Crippen molar-refractivity contribution in [1.29, 1.82) is 0 Å². The van der Waals surface area contributed by atoms with Crippen molar-refractivity contribution < 1.29 is 23.8 Å². The standard InChI is InChI=1S/C35H36ClN7O5/c1-35(2,3)48-34(45)42-19-23(20-42)43-27-13-15-38-32(39-18-22-9-11-24(46-4)17-28(22)47-5)30(27)31(41-43)25-12-10-21(16-26(25)36)33(44)40-29-8-6-7-14-37-29/h6-17,23H,18-20H2,1-5H3,(H,38,39)(H,37,40,44). The average molecular weight is 670 g/mol. The Balaban J connectivity index is 1.35. The molecule has 0 radical (unpaired) electrons. The van der Waals surface area contributed by atoms with Crippen molar-refractivity contribution in [2.24, 2.45) is 0 Å². The summed E-state index contributed by atoms with van der Waals surface area (Å²) in [5.41, 5.74) is 2.69. The van der Waals surface area contributed by atoms with Crippen LogP contribution in [0.2, 0.25) is 5.02 Å². The van der Waals surface area contributed by atoms with Gasteiger partial charge >= 0.3 is 6.09 Å². The van der Waals surface area contributed by atoms with Crippen molar-refractivity contribution in [3.8, 4) is 22.8 Å². The Morgan fingerprint density at radius 3 is 2.48 bits per heavy atom. The van der Waals surface area contributed by atoms with E-state index in [9.17, 15) is 9.59 Å². The first-order valence-corrected chi connectivity index (χ1v) is 15.7. The van der Waals surface area contributed by atoms with Crippen molar-refractivity contribution in [3.05, 3.63) is 89.2 Å². The highest BCUT2D eigenvalue weighted by Gasteiger charge is 2.37. The zero-order valence-electron chi connectivity index (χ0n) is 27.3. The van der Waals surface area contributed by atoms with E-state index >= 15 is 0 Å². The van der Waals surface area contributed by atoms with Gasteiger partial charge < -0.3 is 29.7 Å². The van der Waals surface area contributed by atoms with Crippen LogP contribution in [-0.4, -0.2) is 69.6 Å². The topological polar surface area (TPSA) is 133 Å². The Morgan fingerprint density at radius 2 is 1.79 bits per heavy atom. The highest BCUT2D eigenvalue weighted by molar-refractivity contribution is 6.34. The van der Waals surface area contributed by atoms with Crippen molar-refractivity contribution >= 4 is 46.1 Å². The molecule has 248 valence electrons. The van der Waals surface area contributed by atoms with Crippen LogP contribution >= 0.6 is 11.6 Å². The van der Waals surface area contributed by atoms with E-state index in [0.29, 0.717) is 64.6 Å². The predicted octanol–water partition coefficient (Wildman–Crippen LogP) is 6.82. The Morgan fingerprint density at radius 1 is 0.979 bits per heavy atom. The van der Waals surface area contributed by atoms with E-state index in [4.69, 9.17) is 35.9 Å². The lowest BCUT2D eigenvalue weighted by molar-refractivity contribution is 0.000181. The average Bonchev–Trinajstić information content (AvgIpc) is 3.42. The minimum Gasteiger partial charge on any atom is -0.497 e. The maximum absolute atomic E-state index is 13.0. The van der Waals surface area contributed by atoms with Crippen LogP contribution in [0.15, 0.2) is 73.1 Å². The zero-order chi connectivity index (χ0) is 34.0. The molecule has 0 atom stereocenters. The van der Waals surface area contributed by atoms with Gasteiger partial charge in [-0.3, -0.25) is 9.48 Å². The molecule has 0 saturated carbocycles. The lowest BCUT2D eigenvalue weighted by Crippen LogP contribution is -2.52. The summed E-state index contributed by atoms with van der Waals surface area (Å²) in [6, 6.07) is 17.8. The van der Waals surface area contributed by atoms with Crippen molar-refractivity contribution in [3.63, 3.8) is 0 Å². The number of hydrogen-bond donors (Lipinski definition) is 2. The zero-order valence-corrected chi connectivity index (χ0v) is 28.0. The van der Waals surface area contributed by atoms with Crippen LogP contribution < -0.4 is 20.1 Å². The van der Waals surface area contributed by atoms with Gasteiger partial charge in [0.15, 0.2) is 0 Å². The molecule has 2 amide bonds. The van der Waals surface area contributed by atoms with Crippen molar-refractivity contribution in [2.45, 2.75) is 39.0 Å². The molecule has 12 nitrogen and oxygen atoms in total. The molecule has 1 fully saturated rings. The Hall–Kier alpha value is -5.36. The number of anilines is 2. The first kappa shape index (κ1) is 32.6. The second-order valence-corrected chi connectivity index (χ2v) is 12.7. The van der Waals surface area contributed by atoms with Gasteiger partial charge in [-0.05, 0) is 63.2 Å². The molecule has 5 aromatic rings. The van der Waals surface area contributed by atoms with Gasteiger partial charge in [0.25, 0.3) is 5.91 Å². The molecular weight excluding hydrogens is 634 g/mol. The van der Waals surface area contributed by atoms with Gasteiger partial charge in [0, 0.05) is 54.8 Å². The van der Waals surface area contributed by atoms with Crippen LogP contribution in [0.3, 0.4) is 0 Å². The van der Waals surface area contributed by atoms with E-state index in [1.54, 1.807) is 67.9 Å². The smallest absolute Gasteiger partial charge is 0.410 e. The molecule has 2 aromatic carbocycles. The number of amides is 2. The van der Waals surface area contributed by atoms with Gasteiger partial charge in [-0.15, -0.1) is 0 Å². The summed E-state index contributed by atoms with van der Waals surface area (Å²) in [5, 5.41) is 12.4. The molecule has 1 aliphatic rings. The molecule has 0 unspecified atom stereocenters. The number of nitrogens with zero attached hydrogens (tertiary/aromatic N) is 5. The molecule has 0 bridgehead atoms. The SMILES string of the molecule is COc1ccc(CNc2nccc3c2c(-c2ccc(C(=O)Nc4ccccn4)cc2Cl)nn3C2CN(C(=O)OC(C)(C)C)C2)c(OC)c1. The third-order valence-corrected chi connectivity index (χ3v) is 8.13. The van der Waals surface area contributed by atoms with Crippen molar-refractivity contribution in [2.75, 3.05) is 37.9 Å². The van der Waals surface area contributed by atoms with Gasteiger partial charge in [-0.1, -0.05) is 23.7 Å². The number of carbonyl (C=O) groups is 2. The number of benzene rings is 2. The number of pyridine rings is 2. The number of hydrogen-bond acceptors (Lipinski definition) is 9. The molecule has 6 rings (SSSR count). The number of nitrogens with one attached hydrogen (secondary N) is 2. The second kappa shape index (κ2) is 13.4. The minimum absolute atomic E-state index is 0.104. The molecule has 2 N–H and O–H groups in total. The monoisotopic (exact) mass is 669 g/mol. The van der Waals surface area contributed by atoms with Crippen LogP contribution in [0, 0.1) is 0 Å². The number of likely N-dealkylation sites (tertiary alicyclic amines) is 1. The number of fused-ring (bicyclic) bond motifs is 1. The van der Waals surface area contributed by atoms with E-state index in [2.05, 4.69) is 15.6 Å². The molecule has 0 aliphatic carbocycles. The van der Waals surface area contributed by atoms with Gasteiger partial charge in [0.2, 0.25) is 0 Å². The van der Waals surface area contributed by atoms with Crippen LogP contribution in [0.4, 0.5) is 16.4 Å². The third kappa shape index (κ3) is 6.84. The Bertz CT molecular complexity index is 1970. The first-order valence-electron chi connectivity index (χ1n) is 15.4. The van der Waals surface area contributed by atoms with Crippen LogP contribution in [0.25, 0.3) is 22.2 Å². The molecule has 0 spiro atoms. The molecule has 3 aromatic heterocycles. The van der Waals surface area contributed by atoms with Crippen LogP contribution in [0.1, 0.15) is 42.7 Å². The Kier molecular flexibility index (Phi) is 9.09. The predicted molar refractivity (Wildman–Crippen MR) is 184 cm³/mol. The fourth-order valence-electron chi connectivity index (χ4n) is 5.42. The second-order valence-electron chi connectivity index (χ2n) is 12.3. The number of aromatic nitrogens is 4. The first-order chi connectivity index (χ1) is 23.0. The summed E-state index contributed by atoms with van der Waals surface area (Å²) in [4.78, 5) is 36.2. The molecule has 1 saturated heterocycles. The molecule has 13 heteroatoms. The van der Waals surface area contributed by atoms with Gasteiger partial charge in [0.05, 0.1) is 36.2 Å². The van der Waals surface area contributed by atoms with Gasteiger partial charge in [0.1, 0.15) is 34.4 Å². The maximum Gasteiger partial charge on any atom is 0.410 e. The van der Waals surface area contributed by atoms with E-state index in [0.717, 1.165) is 16.5 Å². The van der Waals surface area contributed by atoms with E-state index in [1.165, 1.54) is 0 Å². The highest BCUT2D eigenvalue weighted by Crippen LogP contribution is 2.39. The maximum atomic E-state index is 13.0. The van der Waals surface area contributed by atoms with Crippen molar-refractivity contribution in [1.82, 2.24) is 24.6 Å². The molecule has 48 heavy (non-hydrogen) atoms. The number of carbonyl (C=O) groups excluding carboxylic acids is 2. The van der Waals surface area contributed by atoms with E-state index < -0.39 is 5.60 Å². The highest BCUT2D eigenvalue weighted by atomic mass is 35.5. The van der Waals surface area contributed by atoms with Crippen LogP contribution in [-0.2, 0) is 11.3 Å². The van der Waals surface area contributed by atoms with Gasteiger partial charge in [-0.25, -0.2) is 14.8 Å². The number of rotatable bonds is 9. The Labute approximate surface area is 283 Å². The lowest BCUT2D eigenvalue weighted by Gasteiger charge is -2.39. The lowest BCUT2D eigenvalue weighted by atomic mass is 10.1. The summed E-state index contributed by atoms with van der Waals surface area (Å²) in [6.45, 7) is 6.79. The molecule has 1 aliphatic heterocycles. The number of ether oxygens (including phenoxy) is 3. The third-order valence-electron chi connectivity index (χ3n) is 7.81. The number of methoxy groups -OCH3 is 2. The molecular formula is C35H36ClN7O5. The van der Waals surface area contributed by atoms with E-state index in [-0.39, 0.29) is 18.0 Å². The number of halogens is 1. The summed E-state index contributed by atoms with van der Waals surface area (Å²) >= 11 is 6.88. The van der Waals surface area contributed by atoms with Gasteiger partial charge in [-0.2, -0.15) is 5.10 Å². The fraction of sp³-hybridized carbons (Fsp3) is 0.286. The summed E-state index contributed by atoms with van der Waals surface area (Å²) in [6.07, 6.45) is 2.96. The quantitative estimate of drug-likeness (QED) is 0.173. The normalized spacial score (nSPS) is 13.2. The summed E-state index contributed by atoms with van der Waals surface area (Å²) < 4.78 is 18.4. The minimum atomic E-state index is -0.593. The largest absolute Gasteiger partial charge is 0.497 e.